The summed E-state index contributed by atoms with van der Waals surface area (Å²) in [5.41, 5.74) is -1.38. The Balaban J connectivity index is 1.45. The van der Waals surface area contributed by atoms with Crippen molar-refractivity contribution in [1.82, 2.24) is 0 Å². The number of ether oxygens (including phenoxy) is 6. The molecule has 0 aromatic carbocycles. The lowest BCUT2D eigenvalue weighted by Gasteiger charge is -2.64. The zero-order valence-electron chi connectivity index (χ0n) is 28.0. The molecule has 0 unspecified atom stereocenters. The molecule has 5 aliphatic rings. The maximum atomic E-state index is 14.4. The van der Waals surface area contributed by atoms with Crippen LogP contribution >= 0.6 is 0 Å². The Bertz CT molecular complexity index is 1290. The van der Waals surface area contributed by atoms with E-state index in [0.29, 0.717) is 24.5 Å². The molecule has 1 heterocycles. The SMILES string of the molecule is CC(=O)OC[C@H]1O[C@H](OC(=O)[C@]2(C)CCC[C@@]3(C)[C@@H]4CC[C@@]5(C)C[C@]4(CC[C@@H]32)CC5=O)[C@@H](OC(C)=O)[C@@H](OC(C)=O)[C@@H]1OC(C)=O. The molecule has 1 spiro atoms. The highest BCUT2D eigenvalue weighted by molar-refractivity contribution is 5.88. The van der Waals surface area contributed by atoms with Gasteiger partial charge in [0, 0.05) is 39.5 Å². The third kappa shape index (κ3) is 5.94. The molecule has 12 nitrogen and oxygen atoms in total. The molecule has 4 saturated carbocycles. The van der Waals surface area contributed by atoms with Crippen LogP contribution in [0.2, 0.25) is 0 Å². The number of hydrogen-bond donors (Lipinski definition) is 0. The zero-order valence-corrected chi connectivity index (χ0v) is 28.0. The summed E-state index contributed by atoms with van der Waals surface area (Å²) in [7, 11) is 0. The maximum Gasteiger partial charge on any atom is 0.314 e. The second kappa shape index (κ2) is 12.2. The summed E-state index contributed by atoms with van der Waals surface area (Å²) < 4.78 is 33.8. The van der Waals surface area contributed by atoms with Crippen molar-refractivity contribution < 1.29 is 57.2 Å². The van der Waals surface area contributed by atoms with E-state index < -0.39 is 72.6 Å². The Kier molecular flexibility index (Phi) is 9.11. The Labute approximate surface area is 269 Å². The fraction of sp³-hybridized carbons (Fsp3) is 0.824. The quantitative estimate of drug-likeness (QED) is 0.289. The van der Waals surface area contributed by atoms with Gasteiger partial charge in [-0.15, -0.1) is 0 Å². The van der Waals surface area contributed by atoms with E-state index >= 15 is 0 Å². The molecule has 0 amide bonds. The molecule has 2 bridgehead atoms. The second-order valence-corrected chi connectivity index (χ2v) is 15.1. The minimum Gasteiger partial charge on any atom is -0.463 e. The molecule has 0 aromatic heterocycles. The summed E-state index contributed by atoms with van der Waals surface area (Å²) in [5.74, 6) is -2.79. The number of carbonyl (C=O) groups excluding carboxylic acids is 6. The lowest BCUT2D eigenvalue weighted by atomic mass is 9.40. The lowest BCUT2D eigenvalue weighted by molar-refractivity contribution is -0.305. The molecule has 46 heavy (non-hydrogen) atoms. The van der Waals surface area contributed by atoms with Gasteiger partial charge in [0.2, 0.25) is 12.4 Å². The normalized spacial score (nSPS) is 42.9. The number of esters is 5. The van der Waals surface area contributed by atoms with Crippen LogP contribution in [0.25, 0.3) is 0 Å². The van der Waals surface area contributed by atoms with Gasteiger partial charge in [-0.05, 0) is 74.5 Å². The van der Waals surface area contributed by atoms with E-state index in [9.17, 15) is 28.8 Å². The first-order chi connectivity index (χ1) is 21.4. The van der Waals surface area contributed by atoms with E-state index in [2.05, 4.69) is 13.8 Å². The van der Waals surface area contributed by atoms with E-state index in [1.165, 1.54) is 6.92 Å². The van der Waals surface area contributed by atoms with Crippen LogP contribution in [-0.4, -0.2) is 72.9 Å². The van der Waals surface area contributed by atoms with Gasteiger partial charge in [-0.25, -0.2) is 0 Å². The first-order valence-electron chi connectivity index (χ1n) is 16.5. The van der Waals surface area contributed by atoms with Crippen molar-refractivity contribution in [3.05, 3.63) is 0 Å². The van der Waals surface area contributed by atoms with E-state index in [0.717, 1.165) is 65.7 Å². The first kappa shape index (κ1) is 34.3. The van der Waals surface area contributed by atoms with Gasteiger partial charge in [-0.3, -0.25) is 28.8 Å². The Morgan fingerprint density at radius 1 is 0.739 bits per heavy atom. The second-order valence-electron chi connectivity index (χ2n) is 15.1. The highest BCUT2D eigenvalue weighted by Crippen LogP contribution is 2.73. The van der Waals surface area contributed by atoms with E-state index in [-0.39, 0.29) is 22.2 Å². The third-order valence-corrected chi connectivity index (χ3v) is 12.0. The number of hydrogen-bond acceptors (Lipinski definition) is 12. The monoisotopic (exact) mass is 648 g/mol. The van der Waals surface area contributed by atoms with E-state index in [1.54, 1.807) is 0 Å². The predicted octanol–water partition coefficient (Wildman–Crippen LogP) is 3.98. The van der Waals surface area contributed by atoms with Crippen LogP contribution in [0.3, 0.4) is 0 Å². The highest BCUT2D eigenvalue weighted by atomic mass is 16.7. The Hall–Kier alpha value is -3.02. The van der Waals surface area contributed by atoms with Crippen molar-refractivity contribution in [2.45, 2.75) is 137 Å². The molecule has 4 aliphatic carbocycles. The molecule has 256 valence electrons. The molecule has 5 rings (SSSR count). The smallest absolute Gasteiger partial charge is 0.314 e. The van der Waals surface area contributed by atoms with Gasteiger partial charge in [0.25, 0.3) is 0 Å². The number of fused-ring (bicyclic) bond motifs is 3. The fourth-order valence-corrected chi connectivity index (χ4v) is 10.3. The average Bonchev–Trinajstić information content (AvgIpc) is 3.12. The molecule has 0 aromatic rings. The standard InChI is InChI=1S/C34H48O12/c1-18(35)41-16-22-26(42-19(2)36)27(43-20(3)37)28(44-21(4)38)29(45-22)46-30(40)33(7)12-8-11-32(6)23(33)10-14-34-15-25(39)31(5,17-34)13-9-24(32)34/h22-24,26-29H,8-17H2,1-7H3/t22-,23+,24+,26-,27+,28+,29-,31+,32-,33-,34+/m1/s1. The van der Waals surface area contributed by atoms with Crippen molar-refractivity contribution in [2.24, 2.45) is 33.5 Å². The summed E-state index contributed by atoms with van der Waals surface area (Å²) in [6, 6.07) is 0. The van der Waals surface area contributed by atoms with E-state index in [1.807, 2.05) is 6.92 Å². The van der Waals surface area contributed by atoms with Gasteiger partial charge in [-0.1, -0.05) is 20.3 Å². The van der Waals surface area contributed by atoms with E-state index in [4.69, 9.17) is 28.4 Å². The minimum atomic E-state index is -1.56. The average molecular weight is 649 g/mol. The molecule has 0 N–H and O–H groups in total. The summed E-state index contributed by atoms with van der Waals surface area (Å²) in [5, 5.41) is 0. The molecular formula is C34H48O12. The molecule has 1 aliphatic heterocycles. The molecule has 11 atom stereocenters. The molecular weight excluding hydrogens is 600 g/mol. The van der Waals surface area contributed by atoms with Crippen molar-refractivity contribution in [2.75, 3.05) is 6.61 Å². The van der Waals surface area contributed by atoms with Crippen LogP contribution in [0.15, 0.2) is 0 Å². The summed E-state index contributed by atoms with van der Waals surface area (Å²) in [6.07, 6.45) is 0.334. The van der Waals surface area contributed by atoms with Gasteiger partial charge in [0.1, 0.15) is 18.5 Å². The fourth-order valence-electron chi connectivity index (χ4n) is 10.3. The van der Waals surface area contributed by atoms with Crippen LogP contribution in [0, 0.1) is 33.5 Å². The summed E-state index contributed by atoms with van der Waals surface area (Å²) in [4.78, 5) is 75.8. The topological polar surface area (TPSA) is 158 Å². The molecule has 0 radical (unpaired) electrons. The summed E-state index contributed by atoms with van der Waals surface area (Å²) >= 11 is 0. The van der Waals surface area contributed by atoms with Gasteiger partial charge in [0.15, 0.2) is 12.2 Å². The maximum absolute atomic E-state index is 14.4. The lowest BCUT2D eigenvalue weighted by Crippen LogP contribution is -2.64. The Morgan fingerprint density at radius 2 is 1.35 bits per heavy atom. The summed E-state index contributed by atoms with van der Waals surface area (Å²) in [6.45, 7) is 10.5. The van der Waals surface area contributed by atoms with Crippen molar-refractivity contribution >= 4 is 35.6 Å². The van der Waals surface area contributed by atoms with Gasteiger partial charge < -0.3 is 28.4 Å². The minimum absolute atomic E-state index is 0.0254. The van der Waals surface area contributed by atoms with Gasteiger partial charge >= 0.3 is 29.8 Å². The first-order valence-corrected chi connectivity index (χ1v) is 16.5. The Morgan fingerprint density at radius 3 is 1.98 bits per heavy atom. The number of ketones is 1. The van der Waals surface area contributed by atoms with Crippen molar-refractivity contribution in [3.63, 3.8) is 0 Å². The highest BCUT2D eigenvalue weighted by Gasteiger charge is 2.68. The van der Waals surface area contributed by atoms with Crippen LogP contribution in [0.5, 0.6) is 0 Å². The van der Waals surface area contributed by atoms with Crippen LogP contribution in [0.1, 0.15) is 106 Å². The third-order valence-electron chi connectivity index (χ3n) is 12.0. The predicted molar refractivity (Wildman–Crippen MR) is 158 cm³/mol. The zero-order chi connectivity index (χ0) is 33.8. The van der Waals surface area contributed by atoms with Crippen LogP contribution in [-0.2, 0) is 57.2 Å². The van der Waals surface area contributed by atoms with Crippen molar-refractivity contribution in [3.8, 4) is 0 Å². The number of carbonyl (C=O) groups is 6. The van der Waals surface area contributed by atoms with Crippen LogP contribution < -0.4 is 0 Å². The van der Waals surface area contributed by atoms with Crippen molar-refractivity contribution in [1.29, 1.82) is 0 Å². The van der Waals surface area contributed by atoms with Gasteiger partial charge in [0.05, 0.1) is 5.41 Å². The van der Waals surface area contributed by atoms with Gasteiger partial charge in [-0.2, -0.15) is 0 Å². The molecule has 12 heteroatoms. The van der Waals surface area contributed by atoms with Crippen LogP contribution in [0.4, 0.5) is 0 Å². The molecule has 5 fully saturated rings. The largest absolute Gasteiger partial charge is 0.463 e. The number of rotatable bonds is 7. The molecule has 1 saturated heterocycles. The number of Topliss-reactive ketones (excluding diaryl/α,β-unsaturated/α-hetero) is 1.